The average molecular weight is 840 g/mol. The van der Waals surface area contributed by atoms with Crippen LogP contribution in [0.25, 0.3) is 0 Å². The van der Waals surface area contributed by atoms with Crippen molar-refractivity contribution in [3.63, 3.8) is 0 Å². The third-order valence-electron chi connectivity index (χ3n) is 10.4. The van der Waals surface area contributed by atoms with E-state index in [-0.39, 0.29) is 48.6 Å². The van der Waals surface area contributed by atoms with Crippen LogP contribution in [0.3, 0.4) is 0 Å². The summed E-state index contributed by atoms with van der Waals surface area (Å²) in [5, 5.41) is 19.8. The number of fused-ring (bicyclic) bond motifs is 2. The number of hydrogen-bond acceptors (Lipinski definition) is 11. The van der Waals surface area contributed by atoms with Crippen LogP contribution < -0.4 is 9.74 Å². The normalized spacial score (nSPS) is 20.4. The fourth-order valence-electron chi connectivity index (χ4n) is 7.55. The van der Waals surface area contributed by atoms with E-state index in [0.717, 1.165) is 42.1 Å². The van der Waals surface area contributed by atoms with Gasteiger partial charge >= 0.3 is 5.97 Å². The molecule has 2 aliphatic heterocycles. The maximum atomic E-state index is 12.8. The van der Waals surface area contributed by atoms with E-state index < -0.39 is 49.1 Å². The second-order valence-electron chi connectivity index (χ2n) is 15.5. The van der Waals surface area contributed by atoms with E-state index >= 15 is 0 Å². The van der Waals surface area contributed by atoms with Crippen molar-refractivity contribution in [3.05, 3.63) is 119 Å². The average Bonchev–Trinajstić information content (AvgIpc) is 3.57. The maximum Gasteiger partial charge on any atom is 0.333 e. The largest absolute Gasteiger partial charge is 0.492 e. The summed E-state index contributed by atoms with van der Waals surface area (Å²) in [4.78, 5) is 21.7. The van der Waals surface area contributed by atoms with Gasteiger partial charge in [-0.1, -0.05) is 45.1 Å². The first-order chi connectivity index (χ1) is 27.2. The number of benzene rings is 1. The van der Waals surface area contributed by atoms with Gasteiger partial charge in [0.2, 0.25) is 11.8 Å². The van der Waals surface area contributed by atoms with Gasteiger partial charge in [0.1, 0.15) is 11.9 Å². The number of carbonyl (C=O) groups excluding carboxylic acids is 1. The molecule has 4 N–H and O–H groups in total. The fraction of sp³-hybridized carbons (Fsp3) is 0.405. The van der Waals surface area contributed by atoms with Crippen LogP contribution in [-0.2, 0) is 35.2 Å². The van der Waals surface area contributed by atoms with Gasteiger partial charge in [0.25, 0.3) is 20.2 Å². The summed E-state index contributed by atoms with van der Waals surface area (Å²) < 4.78 is 74.5. The molecule has 0 fully saturated rings. The molecule has 314 valence electrons. The Morgan fingerprint density at radius 3 is 2.29 bits per heavy atom. The molecule has 2 aromatic rings. The van der Waals surface area contributed by atoms with Crippen molar-refractivity contribution in [3.8, 4) is 11.8 Å². The zero-order valence-corrected chi connectivity index (χ0v) is 35.3. The van der Waals surface area contributed by atoms with Crippen LogP contribution in [0.15, 0.2) is 118 Å². The van der Waals surface area contributed by atoms with Crippen LogP contribution in [0.1, 0.15) is 72.8 Å². The molecule has 0 spiro atoms. The van der Waals surface area contributed by atoms with Gasteiger partial charge < -0.3 is 29.6 Å². The quantitative estimate of drug-likeness (QED) is 0.103. The Balaban J connectivity index is 1.47. The SMILES string of the molecule is CCN(CC)C1=CC2OC(C=CC=CC=C3N(CCCS(=O)(=O)O)c4ccc(S(=O)(=O)O)cc4C3(C)CCCC(=O)On3c(O)ccc3O)=CC(C(C)(C)C)=C2C=C1. The predicted molar refractivity (Wildman–Crippen MR) is 221 cm³/mol. The molecular weight excluding hydrogens is 787 g/mol. The van der Waals surface area contributed by atoms with Crippen LogP contribution in [0.4, 0.5) is 5.69 Å². The minimum atomic E-state index is -4.61. The van der Waals surface area contributed by atoms with Gasteiger partial charge in [-0.3, -0.25) is 9.11 Å². The predicted octanol–water partition coefficient (Wildman–Crippen LogP) is 6.74. The smallest absolute Gasteiger partial charge is 0.333 e. The van der Waals surface area contributed by atoms with E-state index in [0.29, 0.717) is 27.4 Å². The topological polar surface area (TPSA) is 196 Å². The lowest BCUT2D eigenvalue weighted by Crippen LogP contribution is -2.30. The van der Waals surface area contributed by atoms with E-state index in [1.807, 2.05) is 42.2 Å². The van der Waals surface area contributed by atoms with Crippen molar-refractivity contribution in [1.82, 2.24) is 9.63 Å². The molecule has 1 aromatic carbocycles. The molecule has 0 radical (unpaired) electrons. The zero-order valence-electron chi connectivity index (χ0n) is 33.6. The van der Waals surface area contributed by atoms with Crippen molar-refractivity contribution < 1.29 is 50.5 Å². The molecule has 3 heterocycles. The number of nitrogens with zero attached hydrogens (tertiary/aromatic N) is 3. The lowest BCUT2D eigenvalue weighted by atomic mass is 9.77. The second-order valence-corrected chi connectivity index (χ2v) is 18.5. The first-order valence-electron chi connectivity index (χ1n) is 19.1. The second kappa shape index (κ2) is 17.4. The van der Waals surface area contributed by atoms with Gasteiger partial charge in [-0.05, 0) is 105 Å². The number of aromatic nitrogens is 1. The summed E-state index contributed by atoms with van der Waals surface area (Å²) in [5.41, 5.74) is 3.95. The number of rotatable bonds is 16. The summed E-state index contributed by atoms with van der Waals surface area (Å²) in [6.07, 6.45) is 17.7. The molecule has 0 saturated heterocycles. The monoisotopic (exact) mass is 839 g/mol. The number of carbonyl (C=O) groups is 1. The Hall–Kier alpha value is -5.03. The van der Waals surface area contributed by atoms with Crippen LogP contribution in [-0.4, -0.2) is 83.2 Å². The Morgan fingerprint density at radius 1 is 0.983 bits per heavy atom. The highest BCUT2D eigenvalue weighted by atomic mass is 32.2. The Kier molecular flexibility index (Phi) is 13.3. The van der Waals surface area contributed by atoms with Gasteiger partial charge in [0.05, 0.1) is 10.6 Å². The fourth-order valence-corrected chi connectivity index (χ4v) is 8.55. The molecule has 0 amide bonds. The van der Waals surface area contributed by atoms with Gasteiger partial charge in [0.15, 0.2) is 0 Å². The molecule has 16 heteroatoms. The third kappa shape index (κ3) is 10.2. The van der Waals surface area contributed by atoms with Crippen molar-refractivity contribution in [2.24, 2.45) is 5.41 Å². The minimum absolute atomic E-state index is 0.0312. The molecule has 1 aliphatic carbocycles. The van der Waals surface area contributed by atoms with Gasteiger partial charge in [-0.2, -0.15) is 16.8 Å². The summed E-state index contributed by atoms with van der Waals surface area (Å²) in [6, 6.07) is 6.47. The van der Waals surface area contributed by atoms with E-state index in [2.05, 4.69) is 57.7 Å². The number of anilines is 1. The van der Waals surface area contributed by atoms with Gasteiger partial charge in [-0.15, -0.1) is 4.73 Å². The summed E-state index contributed by atoms with van der Waals surface area (Å²) in [6.45, 7) is 14.4. The molecule has 0 bridgehead atoms. The van der Waals surface area contributed by atoms with Crippen LogP contribution in [0, 0.1) is 5.41 Å². The maximum absolute atomic E-state index is 12.8. The standard InChI is InChI=1S/C42H53N3O11S2/c1-7-43(8-2)29-17-19-32-33(41(3,4)5)27-30(55-36(32)26-29)14-10-9-11-15-37-42(6,23-12-16-40(48)56-45-38(46)21-22-39(45)47)34-28-31(58(52,53)54)18-20-35(34)44(37)24-13-25-57(49,50)51/h9-11,14-15,17-22,26-28,36,46-47H,7-8,12-13,16,23-25H2,1-6H3,(H,49,50,51)(H,52,53,54). The van der Waals surface area contributed by atoms with Crippen molar-refractivity contribution >= 4 is 31.9 Å². The van der Waals surface area contributed by atoms with E-state index in [1.54, 1.807) is 6.08 Å². The van der Waals surface area contributed by atoms with E-state index in [1.165, 1.54) is 18.2 Å². The molecule has 14 nitrogen and oxygen atoms in total. The molecular formula is C42H53N3O11S2. The van der Waals surface area contributed by atoms with Crippen LogP contribution >= 0.6 is 0 Å². The van der Waals surface area contributed by atoms with Crippen LogP contribution in [0.5, 0.6) is 11.8 Å². The zero-order chi connectivity index (χ0) is 42.6. The first-order valence-corrected chi connectivity index (χ1v) is 22.2. The van der Waals surface area contributed by atoms with Crippen molar-refractivity contribution in [2.45, 2.75) is 83.6 Å². The number of likely N-dealkylation sites (N-methyl/N-ethyl adjacent to an activating group) is 1. The highest BCUT2D eigenvalue weighted by molar-refractivity contribution is 7.86. The van der Waals surface area contributed by atoms with Crippen LogP contribution in [0.2, 0.25) is 0 Å². The summed E-state index contributed by atoms with van der Waals surface area (Å²) in [7, 11) is -8.89. The molecule has 2 atom stereocenters. The number of hydrogen-bond donors (Lipinski definition) is 4. The lowest BCUT2D eigenvalue weighted by molar-refractivity contribution is -0.145. The molecule has 3 aliphatic rings. The lowest BCUT2D eigenvalue weighted by Gasteiger charge is -2.35. The summed E-state index contributed by atoms with van der Waals surface area (Å²) >= 11 is 0. The molecule has 58 heavy (non-hydrogen) atoms. The van der Waals surface area contributed by atoms with Gasteiger partial charge in [0, 0.05) is 66.3 Å². The summed E-state index contributed by atoms with van der Waals surface area (Å²) in [5.74, 6) is -1.53. The minimum Gasteiger partial charge on any atom is -0.492 e. The molecule has 0 saturated carbocycles. The Labute approximate surface area is 340 Å². The van der Waals surface area contributed by atoms with E-state index in [4.69, 9.17) is 9.57 Å². The highest BCUT2D eigenvalue weighted by Gasteiger charge is 2.44. The Bertz CT molecular complexity index is 2320. The number of allylic oxidation sites excluding steroid dienone is 9. The van der Waals surface area contributed by atoms with E-state index in [9.17, 15) is 40.9 Å². The molecule has 2 unspecified atom stereocenters. The molecule has 1 aromatic heterocycles. The number of ether oxygens (including phenoxy) is 1. The van der Waals surface area contributed by atoms with Crippen molar-refractivity contribution in [1.29, 1.82) is 0 Å². The highest BCUT2D eigenvalue weighted by Crippen LogP contribution is 2.51. The third-order valence-corrected chi connectivity index (χ3v) is 12.1. The Morgan fingerprint density at radius 2 is 1.67 bits per heavy atom. The van der Waals surface area contributed by atoms with Crippen molar-refractivity contribution in [2.75, 3.05) is 30.3 Å². The molecule has 5 rings (SSSR count). The number of aromatic hydroxyl groups is 2. The van der Waals surface area contributed by atoms with Gasteiger partial charge in [-0.25, -0.2) is 4.79 Å². The first kappa shape index (κ1) is 44.1.